The van der Waals surface area contributed by atoms with Crippen LogP contribution in [0, 0.1) is 0 Å². The molecule has 1 aliphatic rings. The smallest absolute Gasteiger partial charge is 0.223 e. The van der Waals surface area contributed by atoms with Gasteiger partial charge in [0.2, 0.25) is 11.9 Å². The van der Waals surface area contributed by atoms with Gasteiger partial charge >= 0.3 is 0 Å². The number of ether oxygens (including phenoxy) is 1. The fourth-order valence-electron chi connectivity index (χ4n) is 3.71. The number of rotatable bonds is 6. The molecular formula is C23H25ClN4O2. The Morgan fingerprint density at radius 1 is 1.10 bits per heavy atom. The molecule has 156 valence electrons. The van der Waals surface area contributed by atoms with Crippen LogP contribution in [0.2, 0.25) is 5.02 Å². The van der Waals surface area contributed by atoms with E-state index in [2.05, 4.69) is 9.88 Å². The first-order chi connectivity index (χ1) is 14.6. The monoisotopic (exact) mass is 424 g/mol. The lowest BCUT2D eigenvalue weighted by Gasteiger charge is -2.35. The summed E-state index contributed by atoms with van der Waals surface area (Å²) < 4.78 is 7.21. The Kier molecular flexibility index (Phi) is 6.23. The van der Waals surface area contributed by atoms with E-state index in [0.29, 0.717) is 24.5 Å². The third-order valence-corrected chi connectivity index (χ3v) is 5.64. The summed E-state index contributed by atoms with van der Waals surface area (Å²) in [7, 11) is 1.65. The number of carbonyl (C=O) groups excluding carboxylic acids is 1. The van der Waals surface area contributed by atoms with Gasteiger partial charge in [0.25, 0.3) is 0 Å². The average Bonchev–Trinajstić information content (AvgIpc) is 3.28. The van der Waals surface area contributed by atoms with Crippen molar-refractivity contribution < 1.29 is 9.53 Å². The number of methoxy groups -OCH3 is 1. The summed E-state index contributed by atoms with van der Waals surface area (Å²) in [5.74, 6) is 1.91. The molecule has 0 atom stereocenters. The Labute approximate surface area is 181 Å². The lowest BCUT2D eigenvalue weighted by Crippen LogP contribution is -2.49. The SMILES string of the molecule is COc1ccc(CCC(=O)N2CCN(c3nccn3-c3cccc(Cl)c3)CC2)cc1. The van der Waals surface area contributed by atoms with Crippen molar-refractivity contribution >= 4 is 23.5 Å². The highest BCUT2D eigenvalue weighted by atomic mass is 35.5. The van der Waals surface area contributed by atoms with Crippen molar-refractivity contribution in [2.75, 3.05) is 38.2 Å². The molecule has 0 spiro atoms. The molecule has 0 aliphatic carbocycles. The normalized spacial score (nSPS) is 14.1. The van der Waals surface area contributed by atoms with Gasteiger partial charge in [-0.3, -0.25) is 9.36 Å². The highest BCUT2D eigenvalue weighted by Crippen LogP contribution is 2.22. The molecule has 2 aromatic carbocycles. The summed E-state index contributed by atoms with van der Waals surface area (Å²) in [4.78, 5) is 21.4. The molecule has 0 radical (unpaired) electrons. The molecule has 4 rings (SSSR count). The minimum Gasteiger partial charge on any atom is -0.497 e. The molecule has 1 aliphatic heterocycles. The Hall–Kier alpha value is -2.99. The van der Waals surface area contributed by atoms with Crippen molar-refractivity contribution in [3.63, 3.8) is 0 Å². The van der Waals surface area contributed by atoms with Crippen LogP contribution in [0.15, 0.2) is 60.9 Å². The number of aryl methyl sites for hydroxylation is 1. The van der Waals surface area contributed by atoms with Crippen LogP contribution in [0.3, 0.4) is 0 Å². The van der Waals surface area contributed by atoms with Crippen molar-refractivity contribution in [1.29, 1.82) is 0 Å². The largest absolute Gasteiger partial charge is 0.497 e. The van der Waals surface area contributed by atoms with Gasteiger partial charge in [0.05, 0.1) is 7.11 Å². The Balaban J connectivity index is 1.33. The minimum absolute atomic E-state index is 0.198. The van der Waals surface area contributed by atoms with Gasteiger partial charge in [0.15, 0.2) is 0 Å². The van der Waals surface area contributed by atoms with Crippen molar-refractivity contribution in [3.8, 4) is 11.4 Å². The Morgan fingerprint density at radius 3 is 2.57 bits per heavy atom. The van der Waals surface area contributed by atoms with Gasteiger partial charge in [0, 0.05) is 55.7 Å². The molecule has 1 saturated heterocycles. The van der Waals surface area contributed by atoms with E-state index in [9.17, 15) is 4.79 Å². The number of carbonyl (C=O) groups is 1. The molecule has 7 heteroatoms. The average molecular weight is 425 g/mol. The van der Waals surface area contributed by atoms with Crippen molar-refractivity contribution in [2.24, 2.45) is 0 Å². The molecule has 2 heterocycles. The van der Waals surface area contributed by atoms with Gasteiger partial charge in [-0.15, -0.1) is 0 Å². The fraction of sp³-hybridized carbons (Fsp3) is 0.304. The molecule has 1 aromatic heterocycles. The second kappa shape index (κ2) is 9.22. The van der Waals surface area contributed by atoms with Gasteiger partial charge in [0.1, 0.15) is 5.75 Å². The summed E-state index contributed by atoms with van der Waals surface area (Å²) in [5, 5.41) is 0.694. The Morgan fingerprint density at radius 2 is 1.87 bits per heavy atom. The number of benzene rings is 2. The third kappa shape index (κ3) is 4.60. The number of hydrogen-bond acceptors (Lipinski definition) is 4. The standard InChI is InChI=1S/C23H25ClN4O2/c1-30-21-8-5-18(6-9-21)7-10-22(29)26-13-15-27(16-14-26)23-25-11-12-28(23)20-4-2-3-19(24)17-20/h2-6,8-9,11-12,17H,7,10,13-16H2,1H3. The van der Waals surface area contributed by atoms with Gasteiger partial charge < -0.3 is 14.5 Å². The van der Waals surface area contributed by atoms with Crippen molar-refractivity contribution in [3.05, 3.63) is 71.5 Å². The van der Waals surface area contributed by atoms with E-state index in [-0.39, 0.29) is 5.91 Å². The molecule has 0 bridgehead atoms. The first-order valence-corrected chi connectivity index (χ1v) is 10.5. The molecule has 1 amide bonds. The first-order valence-electron chi connectivity index (χ1n) is 10.1. The maximum absolute atomic E-state index is 12.7. The Bertz CT molecular complexity index is 994. The van der Waals surface area contributed by atoms with Crippen molar-refractivity contribution in [2.45, 2.75) is 12.8 Å². The summed E-state index contributed by atoms with van der Waals surface area (Å²) in [6.07, 6.45) is 4.99. The topological polar surface area (TPSA) is 50.6 Å². The number of imidazole rings is 1. The maximum Gasteiger partial charge on any atom is 0.223 e. The van der Waals surface area contributed by atoms with E-state index in [1.807, 2.05) is 64.2 Å². The number of anilines is 1. The molecule has 6 nitrogen and oxygen atoms in total. The molecule has 1 fully saturated rings. The molecule has 30 heavy (non-hydrogen) atoms. The second-order valence-electron chi connectivity index (χ2n) is 7.29. The highest BCUT2D eigenvalue weighted by molar-refractivity contribution is 6.30. The lowest BCUT2D eigenvalue weighted by molar-refractivity contribution is -0.131. The molecule has 0 N–H and O–H groups in total. The first kappa shape index (κ1) is 20.3. The lowest BCUT2D eigenvalue weighted by atomic mass is 10.1. The van der Waals surface area contributed by atoms with Crippen molar-refractivity contribution in [1.82, 2.24) is 14.5 Å². The maximum atomic E-state index is 12.7. The van der Waals surface area contributed by atoms with E-state index in [1.165, 1.54) is 0 Å². The number of piperazine rings is 1. The minimum atomic E-state index is 0.198. The van der Waals surface area contributed by atoms with Crippen LogP contribution in [0.25, 0.3) is 5.69 Å². The van der Waals surface area contributed by atoms with E-state index in [1.54, 1.807) is 13.3 Å². The highest BCUT2D eigenvalue weighted by Gasteiger charge is 2.23. The zero-order valence-electron chi connectivity index (χ0n) is 17.0. The van der Waals surface area contributed by atoms with Crippen LogP contribution in [0.4, 0.5) is 5.95 Å². The zero-order valence-corrected chi connectivity index (χ0v) is 17.8. The van der Waals surface area contributed by atoms with Crippen LogP contribution in [-0.2, 0) is 11.2 Å². The third-order valence-electron chi connectivity index (χ3n) is 5.41. The van der Waals surface area contributed by atoms with Gasteiger partial charge in [-0.05, 0) is 42.3 Å². The zero-order chi connectivity index (χ0) is 20.9. The number of halogens is 1. The van der Waals surface area contributed by atoms with E-state index < -0.39 is 0 Å². The molecule has 0 saturated carbocycles. The number of amides is 1. The number of aromatic nitrogens is 2. The molecular weight excluding hydrogens is 400 g/mol. The van der Waals surface area contributed by atoms with Crippen LogP contribution in [0.5, 0.6) is 5.75 Å². The predicted octanol–water partition coefficient (Wildman–Crippen LogP) is 3.82. The van der Waals surface area contributed by atoms with Crippen LogP contribution < -0.4 is 9.64 Å². The fourth-order valence-corrected chi connectivity index (χ4v) is 3.90. The van der Waals surface area contributed by atoms with Gasteiger partial charge in [-0.25, -0.2) is 4.98 Å². The number of nitrogens with zero attached hydrogens (tertiary/aromatic N) is 4. The van der Waals surface area contributed by atoms with Crippen LogP contribution >= 0.6 is 11.6 Å². The van der Waals surface area contributed by atoms with Crippen LogP contribution in [-0.4, -0.2) is 53.6 Å². The molecule has 0 unspecified atom stereocenters. The number of hydrogen-bond donors (Lipinski definition) is 0. The summed E-state index contributed by atoms with van der Waals surface area (Å²) in [5.41, 5.74) is 2.12. The quantitative estimate of drug-likeness (QED) is 0.603. The van der Waals surface area contributed by atoms with E-state index in [4.69, 9.17) is 16.3 Å². The second-order valence-corrected chi connectivity index (χ2v) is 7.73. The van der Waals surface area contributed by atoms with Gasteiger partial charge in [-0.2, -0.15) is 0 Å². The van der Waals surface area contributed by atoms with Gasteiger partial charge in [-0.1, -0.05) is 29.8 Å². The molecule has 3 aromatic rings. The van der Waals surface area contributed by atoms with E-state index >= 15 is 0 Å². The predicted molar refractivity (Wildman–Crippen MR) is 119 cm³/mol. The van der Waals surface area contributed by atoms with E-state index in [0.717, 1.165) is 42.5 Å². The van der Waals surface area contributed by atoms with Crippen LogP contribution in [0.1, 0.15) is 12.0 Å². The summed E-state index contributed by atoms with van der Waals surface area (Å²) in [6, 6.07) is 15.6. The summed E-state index contributed by atoms with van der Waals surface area (Å²) >= 11 is 6.15. The summed E-state index contributed by atoms with van der Waals surface area (Å²) in [6.45, 7) is 2.91.